The SMILES string of the molecule is NCc1ncc(F)c(C(F)F)c1C(=O)O. The molecular formula is C8H7F3N2O2. The maximum atomic E-state index is 12.9. The largest absolute Gasteiger partial charge is 0.478 e. The molecule has 0 bridgehead atoms. The highest BCUT2D eigenvalue weighted by Crippen LogP contribution is 2.27. The maximum Gasteiger partial charge on any atom is 0.338 e. The second-order valence-corrected chi connectivity index (χ2v) is 2.65. The maximum absolute atomic E-state index is 12.9. The van der Waals surface area contributed by atoms with Gasteiger partial charge in [0.1, 0.15) is 0 Å². The first-order valence-electron chi connectivity index (χ1n) is 3.87. The van der Waals surface area contributed by atoms with Crippen molar-refractivity contribution in [3.8, 4) is 0 Å². The number of pyridine rings is 1. The molecule has 0 aliphatic carbocycles. The molecule has 4 nitrogen and oxygen atoms in total. The van der Waals surface area contributed by atoms with E-state index in [1.54, 1.807) is 0 Å². The fourth-order valence-corrected chi connectivity index (χ4v) is 1.15. The summed E-state index contributed by atoms with van der Waals surface area (Å²) >= 11 is 0. The molecule has 1 aromatic rings. The first-order valence-corrected chi connectivity index (χ1v) is 3.87. The highest BCUT2D eigenvalue weighted by molar-refractivity contribution is 5.90. The molecule has 1 aromatic heterocycles. The van der Waals surface area contributed by atoms with Crippen molar-refractivity contribution in [1.82, 2.24) is 4.98 Å². The lowest BCUT2D eigenvalue weighted by molar-refractivity contribution is 0.0680. The van der Waals surface area contributed by atoms with Crippen LogP contribution in [-0.2, 0) is 6.54 Å². The number of hydrogen-bond donors (Lipinski definition) is 2. The molecule has 0 saturated heterocycles. The fourth-order valence-electron chi connectivity index (χ4n) is 1.15. The number of hydrogen-bond acceptors (Lipinski definition) is 3. The molecule has 0 unspecified atom stereocenters. The van der Waals surface area contributed by atoms with Gasteiger partial charge >= 0.3 is 5.97 Å². The van der Waals surface area contributed by atoms with Crippen molar-refractivity contribution < 1.29 is 23.1 Å². The highest BCUT2D eigenvalue weighted by Gasteiger charge is 2.26. The van der Waals surface area contributed by atoms with Crippen molar-refractivity contribution in [2.24, 2.45) is 5.73 Å². The van der Waals surface area contributed by atoms with Crippen molar-refractivity contribution in [3.63, 3.8) is 0 Å². The van der Waals surface area contributed by atoms with Crippen molar-refractivity contribution in [1.29, 1.82) is 0 Å². The third-order valence-electron chi connectivity index (χ3n) is 1.77. The van der Waals surface area contributed by atoms with Crippen molar-refractivity contribution in [3.05, 3.63) is 28.8 Å². The summed E-state index contributed by atoms with van der Waals surface area (Å²) < 4.78 is 37.7. The van der Waals surface area contributed by atoms with Crippen LogP contribution in [0.4, 0.5) is 13.2 Å². The van der Waals surface area contributed by atoms with Gasteiger partial charge in [0.05, 0.1) is 23.0 Å². The normalized spacial score (nSPS) is 10.7. The van der Waals surface area contributed by atoms with Crippen LogP contribution in [0.15, 0.2) is 6.20 Å². The van der Waals surface area contributed by atoms with E-state index < -0.39 is 29.3 Å². The van der Waals surface area contributed by atoms with E-state index in [-0.39, 0.29) is 12.2 Å². The average Bonchev–Trinajstić information content (AvgIpc) is 2.16. The minimum Gasteiger partial charge on any atom is -0.478 e. The van der Waals surface area contributed by atoms with Gasteiger partial charge in [-0.1, -0.05) is 0 Å². The summed E-state index contributed by atoms with van der Waals surface area (Å²) in [5.74, 6) is -3.02. The Morgan fingerprint density at radius 2 is 2.20 bits per heavy atom. The molecule has 1 rings (SSSR count). The minimum absolute atomic E-state index is 0.265. The predicted octanol–water partition coefficient (Wildman–Crippen LogP) is 1.32. The van der Waals surface area contributed by atoms with E-state index in [2.05, 4.69) is 4.98 Å². The molecule has 82 valence electrons. The molecule has 15 heavy (non-hydrogen) atoms. The number of nitrogens with two attached hydrogens (primary N) is 1. The number of alkyl halides is 2. The minimum atomic E-state index is -3.22. The molecule has 0 spiro atoms. The predicted molar refractivity (Wildman–Crippen MR) is 44.0 cm³/mol. The number of carboxylic acids is 1. The molecule has 3 N–H and O–H groups in total. The summed E-state index contributed by atoms with van der Waals surface area (Å²) in [6.07, 6.45) is -2.68. The first kappa shape index (κ1) is 11.4. The Kier molecular flexibility index (Phi) is 3.25. The van der Waals surface area contributed by atoms with Crippen LogP contribution in [0.2, 0.25) is 0 Å². The van der Waals surface area contributed by atoms with Gasteiger partial charge in [-0.2, -0.15) is 0 Å². The molecule has 7 heteroatoms. The molecule has 0 atom stereocenters. The Morgan fingerprint density at radius 1 is 1.60 bits per heavy atom. The van der Waals surface area contributed by atoms with Gasteiger partial charge in [0.25, 0.3) is 6.43 Å². The smallest absolute Gasteiger partial charge is 0.338 e. The lowest BCUT2D eigenvalue weighted by Gasteiger charge is -2.09. The third kappa shape index (κ3) is 2.07. The van der Waals surface area contributed by atoms with Crippen LogP contribution in [0.3, 0.4) is 0 Å². The lowest BCUT2D eigenvalue weighted by atomic mass is 10.1. The number of rotatable bonds is 3. The van der Waals surface area contributed by atoms with E-state index in [1.807, 2.05) is 0 Å². The molecular weight excluding hydrogens is 213 g/mol. The average molecular weight is 220 g/mol. The summed E-state index contributed by atoms with van der Waals surface area (Å²) in [5.41, 5.74) is 2.83. The van der Waals surface area contributed by atoms with Crippen LogP contribution in [-0.4, -0.2) is 16.1 Å². The second-order valence-electron chi connectivity index (χ2n) is 2.65. The van der Waals surface area contributed by atoms with Crippen LogP contribution >= 0.6 is 0 Å². The Hall–Kier alpha value is -1.63. The molecule has 0 aliphatic heterocycles. The Morgan fingerprint density at radius 3 is 2.60 bits per heavy atom. The second kappa shape index (κ2) is 4.26. The standard InChI is InChI=1S/C8H7F3N2O2/c9-3-2-13-4(1-12)6(8(14)15)5(3)7(10)11/h2,7H,1,12H2,(H,14,15). The molecule has 0 aromatic carbocycles. The fraction of sp³-hybridized carbons (Fsp3) is 0.250. The first-order chi connectivity index (χ1) is 6.99. The van der Waals surface area contributed by atoms with Crippen molar-refractivity contribution in [2.75, 3.05) is 0 Å². The molecule has 0 aliphatic rings. The van der Waals surface area contributed by atoms with E-state index in [4.69, 9.17) is 10.8 Å². The van der Waals surface area contributed by atoms with E-state index >= 15 is 0 Å². The van der Waals surface area contributed by atoms with Crippen LogP contribution in [0.1, 0.15) is 28.0 Å². The zero-order chi connectivity index (χ0) is 11.6. The highest BCUT2D eigenvalue weighted by atomic mass is 19.3. The number of aromatic nitrogens is 1. The summed E-state index contributed by atoms with van der Waals surface area (Å²) in [5, 5.41) is 8.66. The summed E-state index contributed by atoms with van der Waals surface area (Å²) in [4.78, 5) is 14.0. The van der Waals surface area contributed by atoms with Crippen LogP contribution in [0.5, 0.6) is 0 Å². The van der Waals surface area contributed by atoms with E-state index in [9.17, 15) is 18.0 Å². The zero-order valence-corrected chi connectivity index (χ0v) is 7.38. The number of halogens is 3. The van der Waals surface area contributed by atoms with Crippen molar-refractivity contribution in [2.45, 2.75) is 13.0 Å². The van der Waals surface area contributed by atoms with Gasteiger partial charge in [-0.25, -0.2) is 18.0 Å². The van der Waals surface area contributed by atoms with E-state index in [1.165, 1.54) is 0 Å². The van der Waals surface area contributed by atoms with Gasteiger partial charge < -0.3 is 10.8 Å². The molecule has 0 radical (unpaired) electrons. The van der Waals surface area contributed by atoms with Gasteiger partial charge in [-0.3, -0.25) is 4.98 Å². The van der Waals surface area contributed by atoms with Gasteiger partial charge in [0.2, 0.25) is 0 Å². The molecule has 1 heterocycles. The Bertz CT molecular complexity index is 396. The monoisotopic (exact) mass is 220 g/mol. The number of carboxylic acid groups (broad SMARTS) is 1. The topological polar surface area (TPSA) is 76.2 Å². The molecule has 0 amide bonds. The molecule has 0 fully saturated rings. The Balaban J connectivity index is 3.51. The molecule has 0 saturated carbocycles. The van der Waals surface area contributed by atoms with Gasteiger partial charge in [-0.15, -0.1) is 0 Å². The van der Waals surface area contributed by atoms with E-state index in [0.29, 0.717) is 6.20 Å². The lowest BCUT2D eigenvalue weighted by Crippen LogP contribution is -2.14. The third-order valence-corrected chi connectivity index (χ3v) is 1.77. The number of aromatic carboxylic acids is 1. The quantitative estimate of drug-likeness (QED) is 0.805. The van der Waals surface area contributed by atoms with Crippen LogP contribution in [0, 0.1) is 5.82 Å². The van der Waals surface area contributed by atoms with Gasteiger partial charge in [0, 0.05) is 6.54 Å². The summed E-state index contributed by atoms with van der Waals surface area (Å²) in [6, 6.07) is 0. The van der Waals surface area contributed by atoms with E-state index in [0.717, 1.165) is 0 Å². The van der Waals surface area contributed by atoms with Gasteiger partial charge in [-0.05, 0) is 0 Å². The number of nitrogens with zero attached hydrogens (tertiary/aromatic N) is 1. The zero-order valence-electron chi connectivity index (χ0n) is 7.38. The number of carbonyl (C=O) groups is 1. The Labute approximate surface area is 82.5 Å². The van der Waals surface area contributed by atoms with Crippen molar-refractivity contribution >= 4 is 5.97 Å². The van der Waals surface area contributed by atoms with Gasteiger partial charge in [0.15, 0.2) is 5.82 Å². The summed E-state index contributed by atoms with van der Waals surface area (Å²) in [7, 11) is 0. The van der Waals surface area contributed by atoms with Crippen LogP contribution in [0.25, 0.3) is 0 Å². The summed E-state index contributed by atoms with van der Waals surface area (Å²) in [6.45, 7) is -0.346. The van der Waals surface area contributed by atoms with Crippen LogP contribution < -0.4 is 5.73 Å².